The summed E-state index contributed by atoms with van der Waals surface area (Å²) < 4.78 is -2.02. The summed E-state index contributed by atoms with van der Waals surface area (Å²) in [6.07, 6.45) is 0. The third-order valence-corrected chi connectivity index (χ3v) is 11.4. The molecule has 2 aromatic carbocycles. The normalized spacial score (nSPS) is 30.8. The Hall–Kier alpha value is -1.47. The Bertz CT molecular complexity index is 1330. The van der Waals surface area contributed by atoms with Gasteiger partial charge in [0.05, 0.1) is 33.2 Å². The first kappa shape index (κ1) is 25.2. The maximum absolute atomic E-state index is 13.7. The molecule has 35 heavy (non-hydrogen) atoms. The molecule has 1 saturated heterocycles. The highest BCUT2D eigenvalue weighted by Gasteiger charge is 2.87. The lowest BCUT2D eigenvalue weighted by Gasteiger charge is -2.34. The van der Waals surface area contributed by atoms with Crippen molar-refractivity contribution in [3.63, 3.8) is 0 Å². The number of amides is 3. The van der Waals surface area contributed by atoms with Gasteiger partial charge in [-0.1, -0.05) is 70.7 Å². The van der Waals surface area contributed by atoms with E-state index in [1.807, 2.05) is 26.0 Å². The van der Waals surface area contributed by atoms with Crippen LogP contribution in [0.1, 0.15) is 21.5 Å². The van der Waals surface area contributed by atoms with Gasteiger partial charge in [-0.15, -0.1) is 23.2 Å². The molecule has 2 aliphatic carbocycles. The molecule has 2 aromatic rings. The molecule has 4 atom stereocenters. The van der Waals surface area contributed by atoms with Gasteiger partial charge >= 0.3 is 0 Å². The van der Waals surface area contributed by atoms with Crippen molar-refractivity contribution in [1.82, 2.24) is 0 Å². The summed E-state index contributed by atoms with van der Waals surface area (Å²) in [5, 5.41) is 2.50. The first-order valence-corrected chi connectivity index (χ1v) is 12.7. The number of alkyl halides is 4. The van der Waals surface area contributed by atoms with Crippen molar-refractivity contribution in [1.29, 1.82) is 0 Å². The standard InChI is InChI=1S/C24H16Cl6N2O3/c1-10-6-5-8-13(11(10)2)31-19(33)12-7-3-4-9-14(12)32-20(34)15-16(21(32)35)23(28)18(26)17(25)22(15,27)24(23,29)30/h3-9,15-16H,1-2H3,(H,31,33)/t15-,16+,22-,23-/m1/s1. The Labute approximate surface area is 231 Å². The first-order valence-electron chi connectivity index (χ1n) is 10.5. The zero-order chi connectivity index (χ0) is 25.7. The van der Waals surface area contributed by atoms with Crippen molar-refractivity contribution < 1.29 is 14.4 Å². The van der Waals surface area contributed by atoms with E-state index >= 15 is 0 Å². The maximum atomic E-state index is 13.7. The molecule has 0 radical (unpaired) electrons. The molecule has 182 valence electrons. The monoisotopic (exact) mass is 590 g/mol. The van der Waals surface area contributed by atoms with E-state index in [0.717, 1.165) is 16.0 Å². The Morgan fingerprint density at radius 2 is 1.40 bits per heavy atom. The number of rotatable bonds is 3. The summed E-state index contributed by atoms with van der Waals surface area (Å²) in [4.78, 5) is 37.7. The Kier molecular flexibility index (Phi) is 5.77. The molecule has 1 heterocycles. The molecule has 1 saturated carbocycles. The van der Waals surface area contributed by atoms with Crippen LogP contribution in [0.5, 0.6) is 0 Å². The second kappa shape index (κ2) is 8.01. The fourth-order valence-electron chi connectivity index (χ4n) is 5.17. The van der Waals surface area contributed by atoms with Crippen molar-refractivity contribution in [2.45, 2.75) is 27.9 Å². The van der Waals surface area contributed by atoms with Crippen LogP contribution in [0.2, 0.25) is 0 Å². The number of fused-ring (bicyclic) bond motifs is 5. The van der Waals surface area contributed by atoms with Crippen molar-refractivity contribution in [2.75, 3.05) is 10.2 Å². The Morgan fingerprint density at radius 1 is 0.857 bits per heavy atom. The van der Waals surface area contributed by atoms with Crippen molar-refractivity contribution in [2.24, 2.45) is 11.8 Å². The number of benzene rings is 2. The summed E-state index contributed by atoms with van der Waals surface area (Å²) >= 11 is 39.3. The Morgan fingerprint density at radius 3 is 1.97 bits per heavy atom. The first-order chi connectivity index (χ1) is 16.3. The number of nitrogens with one attached hydrogen (secondary N) is 1. The number of carbonyl (C=O) groups excluding carboxylic acids is 3. The molecule has 1 aliphatic heterocycles. The van der Waals surface area contributed by atoms with E-state index in [-0.39, 0.29) is 21.3 Å². The highest BCUT2D eigenvalue weighted by Crippen LogP contribution is 2.77. The van der Waals surface area contributed by atoms with E-state index in [2.05, 4.69) is 5.32 Å². The maximum Gasteiger partial charge on any atom is 0.257 e. The van der Waals surface area contributed by atoms with E-state index in [0.29, 0.717) is 5.69 Å². The zero-order valence-electron chi connectivity index (χ0n) is 18.1. The van der Waals surface area contributed by atoms with Gasteiger partial charge in [0.25, 0.3) is 5.91 Å². The van der Waals surface area contributed by atoms with Gasteiger partial charge < -0.3 is 5.32 Å². The van der Waals surface area contributed by atoms with Crippen molar-refractivity contribution in [3.05, 3.63) is 69.2 Å². The van der Waals surface area contributed by atoms with E-state index in [9.17, 15) is 14.4 Å². The minimum atomic E-state index is -2.02. The van der Waals surface area contributed by atoms with Crippen LogP contribution in [0.3, 0.4) is 0 Å². The summed E-state index contributed by atoms with van der Waals surface area (Å²) in [5.41, 5.74) is 2.66. The third kappa shape index (κ3) is 2.94. The van der Waals surface area contributed by atoms with E-state index in [1.54, 1.807) is 18.2 Å². The Balaban J connectivity index is 1.57. The number of nitrogens with zero attached hydrogens (tertiary/aromatic N) is 1. The summed E-state index contributed by atoms with van der Waals surface area (Å²) in [5.74, 6) is -4.52. The molecular weight excluding hydrogens is 577 g/mol. The quantitative estimate of drug-likeness (QED) is 0.326. The fraction of sp³-hybridized carbons (Fsp3) is 0.292. The summed E-state index contributed by atoms with van der Waals surface area (Å²) in [7, 11) is 0. The molecule has 2 fully saturated rings. The van der Waals surface area contributed by atoms with Gasteiger partial charge in [-0.2, -0.15) is 0 Å². The summed E-state index contributed by atoms with van der Waals surface area (Å²) in [6, 6.07) is 11.7. The molecule has 5 rings (SSSR count). The number of hydrogen-bond donors (Lipinski definition) is 1. The average Bonchev–Trinajstić information content (AvgIpc) is 3.20. The largest absolute Gasteiger partial charge is 0.322 e. The molecule has 5 nitrogen and oxygen atoms in total. The smallest absolute Gasteiger partial charge is 0.257 e. The van der Waals surface area contributed by atoms with Crippen molar-refractivity contribution >= 4 is 98.7 Å². The number of imide groups is 1. The average molecular weight is 593 g/mol. The molecule has 11 heteroatoms. The van der Waals surface area contributed by atoms with Gasteiger partial charge in [0.1, 0.15) is 9.75 Å². The second-order valence-electron chi connectivity index (χ2n) is 8.81. The van der Waals surface area contributed by atoms with Crippen LogP contribution in [-0.2, 0) is 9.59 Å². The molecule has 0 aromatic heterocycles. The van der Waals surface area contributed by atoms with E-state index in [1.165, 1.54) is 12.1 Å². The molecular formula is C24H16Cl6N2O3. The topological polar surface area (TPSA) is 66.5 Å². The van der Waals surface area contributed by atoms with E-state index in [4.69, 9.17) is 69.6 Å². The molecule has 0 unspecified atom stereocenters. The minimum Gasteiger partial charge on any atom is -0.322 e. The number of aryl methyl sites for hydroxylation is 1. The van der Waals surface area contributed by atoms with Crippen molar-refractivity contribution in [3.8, 4) is 0 Å². The van der Waals surface area contributed by atoms with Crippen LogP contribution >= 0.6 is 69.6 Å². The molecule has 1 N–H and O–H groups in total. The number of para-hydroxylation sites is 1. The SMILES string of the molecule is Cc1cccc(NC(=O)c2ccccc2N2C(=O)[C@@H]3[C@H](C2=O)[C@@]2(Cl)C(Cl)=C(Cl)[C@@]3(Cl)C2(Cl)Cl)c1C. The van der Waals surface area contributed by atoms with E-state index < -0.39 is 43.6 Å². The van der Waals surface area contributed by atoms with Gasteiger partial charge in [0.2, 0.25) is 11.8 Å². The van der Waals surface area contributed by atoms with Gasteiger partial charge in [-0.3, -0.25) is 14.4 Å². The zero-order valence-corrected chi connectivity index (χ0v) is 22.7. The predicted octanol–water partition coefficient (Wildman–Crippen LogP) is 6.51. The van der Waals surface area contributed by atoms with Gasteiger partial charge in [-0.25, -0.2) is 4.90 Å². The molecule has 3 aliphatic rings. The predicted molar refractivity (Wildman–Crippen MR) is 140 cm³/mol. The number of halogens is 6. The van der Waals surface area contributed by atoms with Crippen LogP contribution in [-0.4, -0.2) is 31.8 Å². The lowest BCUT2D eigenvalue weighted by molar-refractivity contribution is -0.123. The molecule has 0 spiro atoms. The van der Waals surface area contributed by atoms with Crippen LogP contribution in [0.25, 0.3) is 0 Å². The third-order valence-electron chi connectivity index (χ3n) is 7.15. The highest BCUT2D eigenvalue weighted by atomic mass is 35.5. The summed E-state index contributed by atoms with van der Waals surface area (Å²) in [6.45, 7) is 3.81. The molecule has 2 bridgehead atoms. The number of carbonyl (C=O) groups is 3. The van der Waals surface area contributed by atoms with Crippen LogP contribution in [0.15, 0.2) is 52.5 Å². The van der Waals surface area contributed by atoms with Gasteiger partial charge in [0, 0.05) is 5.69 Å². The van der Waals surface area contributed by atoms with Crippen LogP contribution in [0, 0.1) is 25.7 Å². The number of allylic oxidation sites excluding steroid dienone is 2. The second-order valence-corrected chi connectivity index (χ2v) is 12.1. The van der Waals surface area contributed by atoms with Gasteiger partial charge in [0.15, 0.2) is 4.33 Å². The number of anilines is 2. The lowest BCUT2D eigenvalue weighted by atomic mass is 9.84. The van der Waals surface area contributed by atoms with Crippen LogP contribution in [0.4, 0.5) is 11.4 Å². The lowest BCUT2D eigenvalue weighted by Crippen LogP contribution is -2.50. The number of hydrogen-bond acceptors (Lipinski definition) is 3. The minimum absolute atomic E-state index is 0.0710. The highest BCUT2D eigenvalue weighted by molar-refractivity contribution is 6.67. The molecule has 3 amide bonds. The fourth-order valence-corrected chi connectivity index (χ4v) is 8.10. The van der Waals surface area contributed by atoms with Crippen LogP contribution < -0.4 is 10.2 Å². The van der Waals surface area contributed by atoms with Gasteiger partial charge in [-0.05, 0) is 43.2 Å².